The predicted molar refractivity (Wildman–Crippen MR) is 117 cm³/mol. The highest BCUT2D eigenvalue weighted by atomic mass is 16.2. The second-order valence-corrected chi connectivity index (χ2v) is 10.2. The zero-order valence-electron chi connectivity index (χ0n) is 18.2. The number of amides is 2. The number of nitrogens with one attached hydrogen (secondary N) is 1. The number of rotatable bonds is 4. The Labute approximate surface area is 180 Å². The minimum absolute atomic E-state index is 0.159. The maximum Gasteiger partial charge on any atom is 0.242 e. The van der Waals surface area contributed by atoms with Gasteiger partial charge in [0.2, 0.25) is 11.8 Å². The summed E-state index contributed by atoms with van der Waals surface area (Å²) in [5.74, 6) is 0.322. The van der Waals surface area contributed by atoms with Crippen molar-refractivity contribution in [3.8, 4) is 0 Å². The molecule has 162 valence electrons. The molecule has 5 atom stereocenters. The van der Waals surface area contributed by atoms with Gasteiger partial charge in [0.1, 0.15) is 0 Å². The molecular formula is C25H35N3O2. The SMILES string of the molecule is C[C@]12C[C@@H]3N[C@H]1CCC[C@H]2N(C(=O)CN1CCCCCC1=O)[C@@H]3Cc1ccccc1. The number of likely N-dealkylation sites (tertiary alicyclic amines) is 2. The van der Waals surface area contributed by atoms with E-state index < -0.39 is 0 Å². The number of carbonyl (C=O) groups excluding carboxylic acids is 2. The van der Waals surface area contributed by atoms with E-state index in [2.05, 4.69) is 47.5 Å². The third-order valence-electron chi connectivity index (χ3n) is 8.33. The molecule has 0 aromatic heterocycles. The van der Waals surface area contributed by atoms with Crippen molar-refractivity contribution in [2.75, 3.05) is 13.1 Å². The minimum Gasteiger partial charge on any atom is -0.333 e. The Kier molecular flexibility index (Phi) is 5.34. The molecule has 1 saturated carbocycles. The molecule has 4 fully saturated rings. The fourth-order valence-electron chi connectivity index (χ4n) is 6.78. The van der Waals surface area contributed by atoms with Crippen LogP contribution in [0.15, 0.2) is 30.3 Å². The van der Waals surface area contributed by atoms with E-state index in [1.54, 1.807) is 0 Å². The van der Waals surface area contributed by atoms with E-state index in [0.29, 0.717) is 18.5 Å². The first-order chi connectivity index (χ1) is 14.6. The first kappa shape index (κ1) is 20.0. The summed E-state index contributed by atoms with van der Waals surface area (Å²) >= 11 is 0. The van der Waals surface area contributed by atoms with Crippen LogP contribution in [0.1, 0.15) is 63.9 Å². The van der Waals surface area contributed by atoms with Crippen molar-refractivity contribution < 1.29 is 9.59 Å². The Bertz CT molecular complexity index is 797. The molecular weight excluding hydrogens is 374 g/mol. The second kappa shape index (κ2) is 7.99. The van der Waals surface area contributed by atoms with E-state index in [4.69, 9.17) is 0 Å². The summed E-state index contributed by atoms with van der Waals surface area (Å²) in [4.78, 5) is 30.4. The molecule has 1 aromatic carbocycles. The summed E-state index contributed by atoms with van der Waals surface area (Å²) in [7, 11) is 0. The van der Waals surface area contributed by atoms with Gasteiger partial charge < -0.3 is 15.1 Å². The summed E-state index contributed by atoms with van der Waals surface area (Å²) in [5.41, 5.74) is 1.45. The number of nitrogens with zero attached hydrogens (tertiary/aromatic N) is 2. The predicted octanol–water partition coefficient (Wildman–Crippen LogP) is 3.13. The van der Waals surface area contributed by atoms with Crippen molar-refractivity contribution in [3.63, 3.8) is 0 Å². The molecule has 30 heavy (non-hydrogen) atoms. The second-order valence-electron chi connectivity index (χ2n) is 10.2. The van der Waals surface area contributed by atoms with Gasteiger partial charge in [-0.15, -0.1) is 0 Å². The van der Waals surface area contributed by atoms with Crippen molar-refractivity contribution in [2.24, 2.45) is 5.41 Å². The van der Waals surface area contributed by atoms with E-state index in [-0.39, 0.29) is 35.9 Å². The topological polar surface area (TPSA) is 52.7 Å². The van der Waals surface area contributed by atoms with Gasteiger partial charge in [-0.3, -0.25) is 9.59 Å². The van der Waals surface area contributed by atoms with Gasteiger partial charge in [0, 0.05) is 36.5 Å². The molecule has 5 heteroatoms. The third kappa shape index (κ3) is 3.45. The first-order valence-electron chi connectivity index (χ1n) is 12.0. The van der Waals surface area contributed by atoms with E-state index in [0.717, 1.165) is 45.1 Å². The number of carbonyl (C=O) groups is 2. The van der Waals surface area contributed by atoms with Crippen LogP contribution in [0.5, 0.6) is 0 Å². The fourth-order valence-corrected chi connectivity index (χ4v) is 6.78. The van der Waals surface area contributed by atoms with Crippen molar-refractivity contribution in [1.82, 2.24) is 15.1 Å². The molecule has 1 N–H and O–H groups in total. The van der Waals surface area contributed by atoms with Crippen LogP contribution in [-0.4, -0.2) is 58.9 Å². The lowest BCUT2D eigenvalue weighted by Gasteiger charge is -2.53. The lowest BCUT2D eigenvalue weighted by atomic mass is 9.64. The molecule has 0 spiro atoms. The van der Waals surface area contributed by atoms with Gasteiger partial charge in [-0.25, -0.2) is 0 Å². The summed E-state index contributed by atoms with van der Waals surface area (Å²) in [5, 5.41) is 3.93. The van der Waals surface area contributed by atoms with Crippen molar-refractivity contribution in [3.05, 3.63) is 35.9 Å². The average Bonchev–Trinajstić information content (AvgIpc) is 2.97. The van der Waals surface area contributed by atoms with Crippen LogP contribution in [0.4, 0.5) is 0 Å². The highest BCUT2D eigenvalue weighted by molar-refractivity contribution is 5.85. The average molecular weight is 410 g/mol. The number of hydrogen-bond acceptors (Lipinski definition) is 3. The van der Waals surface area contributed by atoms with Gasteiger partial charge in [0.05, 0.1) is 12.6 Å². The summed E-state index contributed by atoms with van der Waals surface area (Å²) < 4.78 is 0. The zero-order chi connectivity index (χ0) is 20.7. The van der Waals surface area contributed by atoms with Crippen LogP contribution in [0, 0.1) is 5.41 Å². The standard InChI is InChI=1S/C25H35N3O2/c1-25-16-19-20(15-18-9-4-2-5-10-18)28(22(25)12-8-11-21(25)26-19)24(30)17-27-14-7-3-6-13-23(27)29/h2,4-5,9-10,19-22,26H,3,6-8,11-17H2,1H3/t19-,20+,21-,22+,25-/m0/s1. The molecule has 2 amide bonds. The monoisotopic (exact) mass is 409 g/mol. The van der Waals surface area contributed by atoms with Crippen LogP contribution in [0.2, 0.25) is 0 Å². The van der Waals surface area contributed by atoms with E-state index in [1.165, 1.54) is 18.4 Å². The molecule has 3 saturated heterocycles. The largest absolute Gasteiger partial charge is 0.333 e. The molecule has 5 nitrogen and oxygen atoms in total. The van der Waals surface area contributed by atoms with E-state index in [1.807, 2.05) is 4.90 Å². The smallest absolute Gasteiger partial charge is 0.242 e. The van der Waals surface area contributed by atoms with Crippen LogP contribution in [0.25, 0.3) is 0 Å². The number of hydrogen-bond donors (Lipinski definition) is 1. The lowest BCUT2D eigenvalue weighted by Crippen LogP contribution is -2.64. The van der Waals surface area contributed by atoms with Gasteiger partial charge in [-0.05, 0) is 50.5 Å². The van der Waals surface area contributed by atoms with Crippen LogP contribution in [-0.2, 0) is 16.0 Å². The van der Waals surface area contributed by atoms with E-state index >= 15 is 0 Å². The molecule has 3 aliphatic heterocycles. The van der Waals surface area contributed by atoms with Gasteiger partial charge in [-0.1, -0.05) is 43.7 Å². The number of benzene rings is 1. The van der Waals surface area contributed by atoms with Crippen LogP contribution in [0.3, 0.4) is 0 Å². The van der Waals surface area contributed by atoms with E-state index in [9.17, 15) is 9.59 Å². The molecule has 3 heterocycles. The van der Waals surface area contributed by atoms with Gasteiger partial charge in [0.25, 0.3) is 0 Å². The van der Waals surface area contributed by atoms with Crippen molar-refractivity contribution >= 4 is 11.8 Å². The molecule has 0 unspecified atom stereocenters. The lowest BCUT2D eigenvalue weighted by molar-refractivity contribution is -0.149. The zero-order valence-corrected chi connectivity index (χ0v) is 18.2. The van der Waals surface area contributed by atoms with Crippen molar-refractivity contribution in [2.45, 2.75) is 88.9 Å². The summed E-state index contributed by atoms with van der Waals surface area (Å²) in [6, 6.07) is 11.9. The number of piperidine rings is 1. The molecule has 1 aromatic rings. The molecule has 0 radical (unpaired) electrons. The van der Waals surface area contributed by atoms with Crippen LogP contribution >= 0.6 is 0 Å². The van der Waals surface area contributed by atoms with Crippen molar-refractivity contribution in [1.29, 1.82) is 0 Å². The summed E-state index contributed by atoms with van der Waals surface area (Å²) in [6.07, 6.45) is 9.18. The fraction of sp³-hybridized carbons (Fsp3) is 0.680. The Morgan fingerprint density at radius 1 is 1.13 bits per heavy atom. The normalized spacial score (nSPS) is 36.0. The maximum atomic E-state index is 13.8. The van der Waals surface area contributed by atoms with Gasteiger partial charge in [0.15, 0.2) is 0 Å². The highest BCUT2D eigenvalue weighted by Gasteiger charge is 2.60. The number of fused-ring (bicyclic) bond motifs is 1. The third-order valence-corrected chi connectivity index (χ3v) is 8.33. The minimum atomic E-state index is 0.159. The maximum absolute atomic E-state index is 13.8. The highest BCUT2D eigenvalue weighted by Crippen LogP contribution is 2.52. The molecule has 5 rings (SSSR count). The van der Waals surface area contributed by atoms with Crippen LogP contribution < -0.4 is 5.32 Å². The molecule has 2 bridgehead atoms. The summed E-state index contributed by atoms with van der Waals surface area (Å²) in [6.45, 7) is 3.38. The van der Waals surface area contributed by atoms with Gasteiger partial charge >= 0.3 is 0 Å². The Hall–Kier alpha value is -1.88. The Morgan fingerprint density at radius 2 is 1.97 bits per heavy atom. The molecule has 4 aliphatic rings. The molecule has 1 aliphatic carbocycles. The quantitative estimate of drug-likeness (QED) is 0.831. The van der Waals surface area contributed by atoms with Gasteiger partial charge in [-0.2, -0.15) is 0 Å². The Balaban J connectivity index is 1.44. The first-order valence-corrected chi connectivity index (χ1v) is 12.0. The Morgan fingerprint density at radius 3 is 2.80 bits per heavy atom.